The van der Waals surface area contributed by atoms with Crippen LogP contribution in [0.15, 0.2) is 24.5 Å². The van der Waals surface area contributed by atoms with Crippen molar-refractivity contribution in [1.82, 2.24) is 35.2 Å². The molecule has 212 valence electrons. The SMILES string of the molecule is CC1CCC(Cn2c(N3CCC[C@@H]3C(=O)N(C)C)nc3cc(C4NOC(=O)N4)nc(-c4cncc(Cl)c4)c32)CC1. The topological polar surface area (TPSA) is 118 Å². The number of pyridine rings is 2. The minimum absolute atomic E-state index is 0.0793. The molecule has 3 aliphatic rings. The summed E-state index contributed by atoms with van der Waals surface area (Å²) in [5.74, 6) is 2.09. The summed E-state index contributed by atoms with van der Waals surface area (Å²) in [6.45, 7) is 3.85. The first-order valence-corrected chi connectivity index (χ1v) is 14.4. The molecular formula is C28H35ClN8O3. The Hall–Kier alpha value is -3.44. The third kappa shape index (κ3) is 5.08. The van der Waals surface area contributed by atoms with Crippen LogP contribution in [0.3, 0.4) is 0 Å². The Labute approximate surface area is 238 Å². The van der Waals surface area contributed by atoms with Gasteiger partial charge in [0.1, 0.15) is 6.04 Å². The molecule has 2 amide bonds. The first kappa shape index (κ1) is 26.8. The maximum Gasteiger partial charge on any atom is 0.427 e. The molecule has 0 bridgehead atoms. The number of nitrogens with one attached hydrogen (secondary N) is 2. The average molecular weight is 567 g/mol. The fourth-order valence-electron chi connectivity index (χ4n) is 6.20. The van der Waals surface area contributed by atoms with Crippen molar-refractivity contribution in [3.05, 3.63) is 35.2 Å². The fourth-order valence-corrected chi connectivity index (χ4v) is 6.37. The maximum atomic E-state index is 13.2. The molecule has 0 aromatic carbocycles. The molecule has 6 rings (SSSR count). The van der Waals surface area contributed by atoms with Crippen LogP contribution in [0, 0.1) is 11.8 Å². The monoisotopic (exact) mass is 566 g/mol. The van der Waals surface area contributed by atoms with E-state index in [4.69, 9.17) is 26.4 Å². The van der Waals surface area contributed by atoms with E-state index in [0.717, 1.165) is 67.2 Å². The largest absolute Gasteiger partial charge is 0.427 e. The van der Waals surface area contributed by atoms with E-state index in [1.165, 1.54) is 12.8 Å². The van der Waals surface area contributed by atoms with Gasteiger partial charge in [-0.3, -0.25) is 15.1 Å². The number of halogens is 1. The minimum atomic E-state index is -0.633. The highest BCUT2D eigenvalue weighted by molar-refractivity contribution is 6.30. The van der Waals surface area contributed by atoms with Crippen molar-refractivity contribution in [2.75, 3.05) is 25.5 Å². The zero-order valence-corrected chi connectivity index (χ0v) is 23.8. The molecule has 40 heavy (non-hydrogen) atoms. The van der Waals surface area contributed by atoms with Crippen LogP contribution in [0.5, 0.6) is 0 Å². The van der Waals surface area contributed by atoms with E-state index in [-0.39, 0.29) is 11.9 Å². The molecule has 3 aromatic heterocycles. The van der Waals surface area contributed by atoms with Crippen LogP contribution in [0.25, 0.3) is 22.3 Å². The number of likely N-dealkylation sites (N-methyl/N-ethyl adjacent to an activating group) is 1. The van der Waals surface area contributed by atoms with Crippen LogP contribution in [-0.4, -0.2) is 63.1 Å². The summed E-state index contributed by atoms with van der Waals surface area (Å²) in [7, 11) is 3.60. The molecular weight excluding hydrogens is 532 g/mol. The normalized spacial score (nSPS) is 24.8. The predicted molar refractivity (Wildman–Crippen MR) is 151 cm³/mol. The second-order valence-corrected chi connectivity index (χ2v) is 11.9. The molecule has 0 radical (unpaired) electrons. The Balaban J connectivity index is 1.54. The average Bonchev–Trinajstić information content (AvgIpc) is 3.67. The van der Waals surface area contributed by atoms with E-state index in [9.17, 15) is 9.59 Å². The highest BCUT2D eigenvalue weighted by atomic mass is 35.5. The first-order valence-electron chi connectivity index (χ1n) is 14.0. The van der Waals surface area contributed by atoms with Gasteiger partial charge in [-0.2, -0.15) is 0 Å². The van der Waals surface area contributed by atoms with Gasteiger partial charge in [-0.1, -0.05) is 31.4 Å². The Bertz CT molecular complexity index is 1430. The number of imidazole rings is 1. The van der Waals surface area contributed by atoms with Crippen LogP contribution < -0.4 is 15.7 Å². The van der Waals surface area contributed by atoms with Crippen molar-refractivity contribution in [2.45, 2.75) is 64.2 Å². The highest BCUT2D eigenvalue weighted by Crippen LogP contribution is 2.38. The van der Waals surface area contributed by atoms with Gasteiger partial charge < -0.3 is 19.2 Å². The van der Waals surface area contributed by atoms with Crippen LogP contribution in [-0.2, 0) is 16.2 Å². The molecule has 3 aromatic rings. The van der Waals surface area contributed by atoms with Crippen LogP contribution >= 0.6 is 11.6 Å². The summed E-state index contributed by atoms with van der Waals surface area (Å²) in [5, 5.41) is 3.23. The van der Waals surface area contributed by atoms with E-state index < -0.39 is 12.3 Å². The molecule has 2 saturated heterocycles. The quantitative estimate of drug-likeness (QED) is 0.454. The third-order valence-electron chi connectivity index (χ3n) is 8.34. The Morgan fingerprint density at radius 2 is 1.95 bits per heavy atom. The van der Waals surface area contributed by atoms with Crippen LogP contribution in [0.2, 0.25) is 5.02 Å². The lowest BCUT2D eigenvalue weighted by atomic mass is 9.83. The number of aromatic nitrogens is 4. The Morgan fingerprint density at radius 3 is 2.65 bits per heavy atom. The molecule has 2 atom stereocenters. The molecule has 11 nitrogen and oxygen atoms in total. The molecule has 1 saturated carbocycles. The van der Waals surface area contributed by atoms with Gasteiger partial charge in [-0.25, -0.2) is 14.8 Å². The van der Waals surface area contributed by atoms with E-state index >= 15 is 0 Å². The van der Waals surface area contributed by atoms with E-state index in [1.54, 1.807) is 31.4 Å². The van der Waals surface area contributed by atoms with Gasteiger partial charge in [0, 0.05) is 45.1 Å². The van der Waals surface area contributed by atoms with E-state index in [0.29, 0.717) is 22.3 Å². The standard InChI is InChI=1S/C28H35ClN8O3/c1-16-6-8-17(9-7-16)15-37-24-20(32-27(37)36-10-4-5-22(36)26(38)35(2)3)12-21(25-33-28(39)40-34-25)31-23(24)18-11-19(29)14-30-13-18/h11-14,16-17,22,25,34H,4-10,15H2,1-3H3,(H,33,39)/t16?,17?,22-,25?/m1/s1. The number of carbonyl (C=O) groups excluding carboxylic acids is 2. The molecule has 5 heterocycles. The number of nitrogens with zero attached hydrogens (tertiary/aromatic N) is 6. The number of amides is 2. The Kier molecular flexibility index (Phi) is 7.26. The number of hydroxylamine groups is 1. The lowest BCUT2D eigenvalue weighted by Crippen LogP contribution is -2.44. The lowest BCUT2D eigenvalue weighted by Gasteiger charge is -2.30. The summed E-state index contributed by atoms with van der Waals surface area (Å²) in [6.07, 6.45) is 8.53. The van der Waals surface area contributed by atoms with Gasteiger partial charge in [-0.05, 0) is 49.7 Å². The smallest absolute Gasteiger partial charge is 0.351 e. The first-order chi connectivity index (χ1) is 19.3. The fraction of sp³-hybridized carbons (Fsp3) is 0.536. The second kappa shape index (κ2) is 10.9. The number of anilines is 1. The second-order valence-electron chi connectivity index (χ2n) is 11.5. The number of hydrogen-bond donors (Lipinski definition) is 2. The van der Waals surface area contributed by atoms with Crippen molar-refractivity contribution in [1.29, 1.82) is 0 Å². The molecule has 0 spiro atoms. The summed E-state index contributed by atoms with van der Waals surface area (Å²) >= 11 is 6.38. The van der Waals surface area contributed by atoms with Gasteiger partial charge in [-0.15, -0.1) is 5.48 Å². The van der Waals surface area contributed by atoms with Crippen molar-refractivity contribution in [3.63, 3.8) is 0 Å². The van der Waals surface area contributed by atoms with E-state index in [2.05, 4.69) is 32.2 Å². The van der Waals surface area contributed by atoms with Gasteiger partial charge >= 0.3 is 6.09 Å². The molecule has 1 unspecified atom stereocenters. The lowest BCUT2D eigenvalue weighted by molar-refractivity contribution is -0.129. The summed E-state index contributed by atoms with van der Waals surface area (Å²) in [6, 6.07) is 3.44. The highest BCUT2D eigenvalue weighted by Gasteiger charge is 2.36. The van der Waals surface area contributed by atoms with Gasteiger partial charge in [0.2, 0.25) is 11.9 Å². The van der Waals surface area contributed by atoms with E-state index in [1.807, 2.05) is 12.1 Å². The van der Waals surface area contributed by atoms with Crippen molar-refractivity contribution >= 4 is 40.6 Å². The van der Waals surface area contributed by atoms with Crippen molar-refractivity contribution in [2.24, 2.45) is 11.8 Å². The van der Waals surface area contributed by atoms with Crippen LogP contribution in [0.1, 0.15) is 57.3 Å². The number of hydrogen-bond acceptors (Lipinski definition) is 8. The third-order valence-corrected chi connectivity index (χ3v) is 8.55. The molecule has 12 heteroatoms. The van der Waals surface area contributed by atoms with Gasteiger partial charge in [0.25, 0.3) is 0 Å². The molecule has 1 aliphatic carbocycles. The summed E-state index contributed by atoms with van der Waals surface area (Å²) in [5.41, 5.74) is 6.27. The number of rotatable bonds is 6. The summed E-state index contributed by atoms with van der Waals surface area (Å²) in [4.78, 5) is 48.3. The zero-order chi connectivity index (χ0) is 28.0. The number of fused-ring (bicyclic) bond motifs is 1. The molecule has 2 N–H and O–H groups in total. The predicted octanol–water partition coefficient (Wildman–Crippen LogP) is 4.27. The maximum absolute atomic E-state index is 13.2. The van der Waals surface area contributed by atoms with Crippen molar-refractivity contribution < 1.29 is 14.4 Å². The van der Waals surface area contributed by atoms with Crippen LogP contribution in [0.4, 0.5) is 10.7 Å². The minimum Gasteiger partial charge on any atom is -0.351 e. The zero-order valence-electron chi connectivity index (χ0n) is 23.1. The molecule has 3 fully saturated rings. The number of carbonyl (C=O) groups is 2. The van der Waals surface area contributed by atoms with Gasteiger partial charge in [0.15, 0.2) is 6.17 Å². The summed E-state index contributed by atoms with van der Waals surface area (Å²) < 4.78 is 2.27. The van der Waals surface area contributed by atoms with Gasteiger partial charge in [0.05, 0.1) is 27.4 Å². The Morgan fingerprint density at radius 1 is 1.15 bits per heavy atom. The van der Waals surface area contributed by atoms with Crippen molar-refractivity contribution in [3.8, 4) is 11.3 Å². The molecule has 2 aliphatic heterocycles.